The molecule has 5 nitrogen and oxygen atoms in total. The summed E-state index contributed by atoms with van der Waals surface area (Å²) in [5.74, 6) is 0.773. The van der Waals surface area contributed by atoms with E-state index in [1.54, 1.807) is 13.3 Å². The first-order valence-corrected chi connectivity index (χ1v) is 5.94. The molecule has 0 saturated heterocycles. The predicted octanol–water partition coefficient (Wildman–Crippen LogP) is 1.98. The Kier molecular flexibility index (Phi) is 4.06. The van der Waals surface area contributed by atoms with Gasteiger partial charge in [0, 0.05) is 31.5 Å². The monoisotopic (exact) mass is 246 g/mol. The summed E-state index contributed by atoms with van der Waals surface area (Å²) in [6.45, 7) is 1.76. The van der Waals surface area contributed by atoms with Crippen LogP contribution < -0.4 is 15.8 Å². The van der Waals surface area contributed by atoms with Gasteiger partial charge in [0.1, 0.15) is 5.75 Å². The van der Waals surface area contributed by atoms with Crippen LogP contribution in [0.2, 0.25) is 0 Å². The molecule has 1 aromatic heterocycles. The van der Waals surface area contributed by atoms with Crippen molar-refractivity contribution in [3.8, 4) is 5.75 Å². The van der Waals surface area contributed by atoms with Gasteiger partial charge < -0.3 is 15.8 Å². The molecule has 96 valence electrons. The summed E-state index contributed by atoms with van der Waals surface area (Å²) in [6, 6.07) is 7.57. The summed E-state index contributed by atoms with van der Waals surface area (Å²) < 4.78 is 7.02. The molecule has 0 bridgehead atoms. The molecule has 0 amide bonds. The van der Waals surface area contributed by atoms with E-state index in [1.165, 1.54) is 0 Å². The lowest BCUT2D eigenvalue weighted by Gasteiger charge is -2.10. The first-order chi connectivity index (χ1) is 8.79. The molecule has 18 heavy (non-hydrogen) atoms. The van der Waals surface area contributed by atoms with E-state index in [9.17, 15) is 0 Å². The molecule has 0 unspecified atom stereocenters. The van der Waals surface area contributed by atoms with Crippen molar-refractivity contribution in [2.24, 2.45) is 0 Å². The fourth-order valence-corrected chi connectivity index (χ4v) is 1.73. The highest BCUT2D eigenvalue weighted by molar-refractivity contribution is 5.68. The van der Waals surface area contributed by atoms with Gasteiger partial charge in [0.25, 0.3) is 0 Å². The van der Waals surface area contributed by atoms with Gasteiger partial charge in [-0.1, -0.05) is 0 Å². The van der Waals surface area contributed by atoms with Crippen LogP contribution in [0.5, 0.6) is 5.75 Å². The van der Waals surface area contributed by atoms with Gasteiger partial charge in [0.2, 0.25) is 0 Å². The topological polar surface area (TPSA) is 65.1 Å². The lowest BCUT2D eigenvalue weighted by atomic mass is 10.2. The zero-order valence-corrected chi connectivity index (χ0v) is 10.5. The number of anilines is 2. The first-order valence-electron chi connectivity index (χ1n) is 5.94. The van der Waals surface area contributed by atoms with Crippen molar-refractivity contribution in [1.29, 1.82) is 0 Å². The van der Waals surface area contributed by atoms with Crippen molar-refractivity contribution in [2.75, 3.05) is 24.7 Å². The summed E-state index contributed by atoms with van der Waals surface area (Å²) in [7, 11) is 1.63. The van der Waals surface area contributed by atoms with Crippen LogP contribution in [0.4, 0.5) is 11.4 Å². The third-order valence-corrected chi connectivity index (χ3v) is 2.70. The standard InChI is InChI=1S/C13H18N4O/c1-18-11-4-5-13(12(14)10-11)15-6-2-8-17-9-3-7-16-17/h3-5,7,9-10,15H,2,6,8,14H2,1H3. The Morgan fingerprint density at radius 1 is 1.44 bits per heavy atom. The largest absolute Gasteiger partial charge is 0.497 e. The second-order valence-corrected chi connectivity index (χ2v) is 4.00. The highest BCUT2D eigenvalue weighted by atomic mass is 16.5. The number of ether oxygens (including phenoxy) is 1. The molecule has 2 aromatic rings. The van der Waals surface area contributed by atoms with E-state index in [1.807, 2.05) is 35.1 Å². The molecule has 3 N–H and O–H groups in total. The molecule has 0 aliphatic heterocycles. The van der Waals surface area contributed by atoms with Gasteiger partial charge >= 0.3 is 0 Å². The van der Waals surface area contributed by atoms with Crippen LogP contribution in [-0.2, 0) is 6.54 Å². The number of rotatable bonds is 6. The van der Waals surface area contributed by atoms with Gasteiger partial charge in [0.05, 0.1) is 18.5 Å². The molecule has 0 spiro atoms. The highest BCUT2D eigenvalue weighted by Gasteiger charge is 2.00. The van der Waals surface area contributed by atoms with E-state index in [0.717, 1.165) is 30.9 Å². The third-order valence-electron chi connectivity index (χ3n) is 2.70. The molecule has 2 rings (SSSR count). The van der Waals surface area contributed by atoms with Gasteiger partial charge in [-0.3, -0.25) is 4.68 Å². The maximum Gasteiger partial charge on any atom is 0.121 e. The Balaban J connectivity index is 1.79. The van der Waals surface area contributed by atoms with Gasteiger partial charge in [-0.2, -0.15) is 5.10 Å². The summed E-state index contributed by atoms with van der Waals surface area (Å²) in [6.07, 6.45) is 4.74. The molecule has 1 aromatic carbocycles. The molecule has 0 aliphatic carbocycles. The van der Waals surface area contributed by atoms with Crippen LogP contribution in [0.1, 0.15) is 6.42 Å². The van der Waals surface area contributed by atoms with E-state index in [4.69, 9.17) is 10.5 Å². The van der Waals surface area contributed by atoms with Crippen molar-refractivity contribution < 1.29 is 4.74 Å². The minimum atomic E-state index is 0.702. The van der Waals surface area contributed by atoms with E-state index < -0.39 is 0 Å². The zero-order valence-electron chi connectivity index (χ0n) is 10.5. The van der Waals surface area contributed by atoms with E-state index in [-0.39, 0.29) is 0 Å². The highest BCUT2D eigenvalue weighted by Crippen LogP contribution is 2.23. The Morgan fingerprint density at radius 3 is 3.00 bits per heavy atom. The summed E-state index contributed by atoms with van der Waals surface area (Å²) in [5.41, 5.74) is 7.56. The second kappa shape index (κ2) is 5.95. The van der Waals surface area contributed by atoms with Gasteiger partial charge in [-0.05, 0) is 24.6 Å². The number of nitrogens with one attached hydrogen (secondary N) is 1. The van der Waals surface area contributed by atoms with Crippen LogP contribution in [0, 0.1) is 0 Å². The Bertz CT molecular complexity index is 482. The van der Waals surface area contributed by atoms with E-state index in [0.29, 0.717) is 5.69 Å². The third kappa shape index (κ3) is 3.16. The van der Waals surface area contributed by atoms with E-state index >= 15 is 0 Å². The number of benzene rings is 1. The van der Waals surface area contributed by atoms with Crippen LogP contribution in [0.3, 0.4) is 0 Å². The lowest BCUT2D eigenvalue weighted by Crippen LogP contribution is -2.08. The Labute approximate surface area is 107 Å². The molecule has 0 aliphatic rings. The van der Waals surface area contributed by atoms with Crippen molar-refractivity contribution in [3.05, 3.63) is 36.7 Å². The van der Waals surface area contributed by atoms with Crippen LogP contribution in [0.15, 0.2) is 36.7 Å². The van der Waals surface area contributed by atoms with Crippen molar-refractivity contribution in [2.45, 2.75) is 13.0 Å². The fourth-order valence-electron chi connectivity index (χ4n) is 1.73. The van der Waals surface area contributed by atoms with Gasteiger partial charge in [-0.15, -0.1) is 0 Å². The minimum Gasteiger partial charge on any atom is -0.497 e. The van der Waals surface area contributed by atoms with Gasteiger partial charge in [-0.25, -0.2) is 0 Å². The fraction of sp³-hybridized carbons (Fsp3) is 0.308. The molecule has 0 saturated carbocycles. The zero-order chi connectivity index (χ0) is 12.8. The number of aromatic nitrogens is 2. The number of nitrogens with two attached hydrogens (primary N) is 1. The number of hydrogen-bond donors (Lipinski definition) is 2. The number of aryl methyl sites for hydroxylation is 1. The molecular weight excluding hydrogens is 228 g/mol. The Hall–Kier alpha value is -2.17. The normalized spacial score (nSPS) is 10.3. The molecule has 0 atom stereocenters. The SMILES string of the molecule is COc1ccc(NCCCn2cccn2)c(N)c1. The number of nitrogen functional groups attached to an aromatic ring is 1. The average Bonchev–Trinajstić information content (AvgIpc) is 2.89. The number of methoxy groups -OCH3 is 1. The molecular formula is C13H18N4O. The summed E-state index contributed by atoms with van der Waals surface area (Å²) in [5, 5.41) is 7.45. The minimum absolute atomic E-state index is 0.702. The molecule has 0 fully saturated rings. The van der Waals surface area contributed by atoms with Crippen molar-refractivity contribution >= 4 is 11.4 Å². The summed E-state index contributed by atoms with van der Waals surface area (Å²) >= 11 is 0. The van der Waals surface area contributed by atoms with Crippen molar-refractivity contribution in [3.63, 3.8) is 0 Å². The number of nitrogens with zero attached hydrogens (tertiary/aromatic N) is 2. The van der Waals surface area contributed by atoms with Crippen LogP contribution in [-0.4, -0.2) is 23.4 Å². The molecule has 5 heteroatoms. The maximum absolute atomic E-state index is 5.91. The summed E-state index contributed by atoms with van der Waals surface area (Å²) in [4.78, 5) is 0. The van der Waals surface area contributed by atoms with Gasteiger partial charge in [0.15, 0.2) is 0 Å². The smallest absolute Gasteiger partial charge is 0.121 e. The van der Waals surface area contributed by atoms with Crippen LogP contribution in [0.25, 0.3) is 0 Å². The maximum atomic E-state index is 5.91. The number of hydrogen-bond acceptors (Lipinski definition) is 4. The van der Waals surface area contributed by atoms with Crippen LogP contribution >= 0.6 is 0 Å². The Morgan fingerprint density at radius 2 is 2.33 bits per heavy atom. The van der Waals surface area contributed by atoms with E-state index in [2.05, 4.69) is 10.4 Å². The lowest BCUT2D eigenvalue weighted by molar-refractivity contribution is 0.415. The molecule has 0 radical (unpaired) electrons. The molecule has 1 heterocycles. The van der Waals surface area contributed by atoms with Crippen molar-refractivity contribution in [1.82, 2.24) is 9.78 Å². The second-order valence-electron chi connectivity index (χ2n) is 4.00. The quantitative estimate of drug-likeness (QED) is 0.604. The first kappa shape index (κ1) is 12.3. The average molecular weight is 246 g/mol. The predicted molar refractivity (Wildman–Crippen MR) is 72.7 cm³/mol.